The van der Waals surface area contributed by atoms with E-state index in [0.717, 1.165) is 36.8 Å². The maximum atomic E-state index is 12.8. The standard InChI is InChI=1S/C22H28N2O4S/c1-28-16-6-13-23-22(25)20-8-5-7-19(17-20)18-9-11-21(12-10-18)29(26,27)24-14-3-2-4-15-24/h5,7-12,17H,2-4,6,13-16H2,1H3,(H,23,25). The Hall–Kier alpha value is -2.22. The Morgan fingerprint density at radius 3 is 2.45 bits per heavy atom. The molecule has 1 aliphatic rings. The molecule has 6 nitrogen and oxygen atoms in total. The summed E-state index contributed by atoms with van der Waals surface area (Å²) in [4.78, 5) is 12.6. The number of nitrogens with zero attached hydrogens (tertiary/aromatic N) is 1. The monoisotopic (exact) mass is 416 g/mol. The van der Waals surface area contributed by atoms with E-state index in [-0.39, 0.29) is 5.91 Å². The summed E-state index contributed by atoms with van der Waals surface area (Å²) >= 11 is 0. The fourth-order valence-corrected chi connectivity index (χ4v) is 4.95. The van der Waals surface area contributed by atoms with Crippen LogP contribution in [0.3, 0.4) is 0 Å². The molecule has 0 aliphatic carbocycles. The van der Waals surface area contributed by atoms with Gasteiger partial charge in [0.05, 0.1) is 4.90 Å². The number of carbonyl (C=O) groups is 1. The van der Waals surface area contributed by atoms with Gasteiger partial charge in [0.25, 0.3) is 5.91 Å². The molecule has 0 aromatic heterocycles. The van der Waals surface area contributed by atoms with Crippen molar-refractivity contribution in [2.75, 3.05) is 33.4 Å². The number of piperidine rings is 1. The van der Waals surface area contributed by atoms with Crippen molar-refractivity contribution in [2.45, 2.75) is 30.6 Å². The Morgan fingerprint density at radius 1 is 1.03 bits per heavy atom. The smallest absolute Gasteiger partial charge is 0.251 e. The molecule has 0 radical (unpaired) electrons. The number of methoxy groups -OCH3 is 1. The average Bonchev–Trinajstić information content (AvgIpc) is 2.77. The van der Waals surface area contributed by atoms with Gasteiger partial charge in [-0.15, -0.1) is 0 Å². The zero-order chi connectivity index (χ0) is 20.7. The summed E-state index contributed by atoms with van der Waals surface area (Å²) in [6.07, 6.45) is 3.67. The van der Waals surface area contributed by atoms with Crippen molar-refractivity contribution in [1.29, 1.82) is 0 Å². The van der Waals surface area contributed by atoms with Crippen molar-refractivity contribution in [1.82, 2.24) is 9.62 Å². The molecule has 0 bridgehead atoms. The number of hydrogen-bond donors (Lipinski definition) is 1. The Kier molecular flexibility index (Phi) is 7.41. The van der Waals surface area contributed by atoms with Gasteiger partial charge in [-0.1, -0.05) is 30.7 Å². The van der Waals surface area contributed by atoms with Crippen LogP contribution in [0.1, 0.15) is 36.0 Å². The Bertz CT molecular complexity index is 920. The lowest BCUT2D eigenvalue weighted by atomic mass is 10.0. The Balaban J connectivity index is 1.72. The fourth-order valence-electron chi connectivity index (χ4n) is 3.43. The third-order valence-corrected chi connectivity index (χ3v) is 6.99. The highest BCUT2D eigenvalue weighted by atomic mass is 32.2. The van der Waals surface area contributed by atoms with Crippen molar-refractivity contribution in [2.24, 2.45) is 0 Å². The molecule has 1 fully saturated rings. The molecule has 29 heavy (non-hydrogen) atoms. The zero-order valence-electron chi connectivity index (χ0n) is 16.8. The van der Waals surface area contributed by atoms with Gasteiger partial charge in [-0.2, -0.15) is 4.31 Å². The van der Waals surface area contributed by atoms with Crippen molar-refractivity contribution in [3.05, 3.63) is 54.1 Å². The number of carbonyl (C=O) groups excluding carboxylic acids is 1. The highest BCUT2D eigenvalue weighted by molar-refractivity contribution is 7.89. The van der Waals surface area contributed by atoms with E-state index < -0.39 is 10.0 Å². The van der Waals surface area contributed by atoms with Crippen LogP contribution in [0.5, 0.6) is 0 Å². The van der Waals surface area contributed by atoms with Crippen LogP contribution in [-0.2, 0) is 14.8 Å². The van der Waals surface area contributed by atoms with E-state index in [9.17, 15) is 13.2 Å². The first-order valence-corrected chi connectivity index (χ1v) is 11.4. The van der Waals surface area contributed by atoms with Crippen LogP contribution in [0.4, 0.5) is 0 Å². The van der Waals surface area contributed by atoms with Gasteiger partial charge in [0.1, 0.15) is 0 Å². The number of ether oxygens (including phenoxy) is 1. The van der Waals surface area contributed by atoms with E-state index >= 15 is 0 Å². The van der Waals surface area contributed by atoms with Gasteiger partial charge in [0, 0.05) is 38.9 Å². The molecular formula is C22H28N2O4S. The maximum absolute atomic E-state index is 12.8. The fraction of sp³-hybridized carbons (Fsp3) is 0.409. The minimum atomic E-state index is -3.44. The second kappa shape index (κ2) is 10.0. The van der Waals surface area contributed by atoms with Crippen molar-refractivity contribution >= 4 is 15.9 Å². The molecule has 2 aromatic carbocycles. The summed E-state index contributed by atoms with van der Waals surface area (Å²) in [5.74, 6) is -0.132. The summed E-state index contributed by atoms with van der Waals surface area (Å²) in [6.45, 7) is 2.34. The van der Waals surface area contributed by atoms with Crippen molar-refractivity contribution in [3.63, 3.8) is 0 Å². The lowest BCUT2D eigenvalue weighted by Crippen LogP contribution is -2.35. The third-order valence-electron chi connectivity index (χ3n) is 5.08. The lowest BCUT2D eigenvalue weighted by molar-refractivity contribution is 0.0948. The van der Waals surface area contributed by atoms with E-state index in [2.05, 4.69) is 5.32 Å². The van der Waals surface area contributed by atoms with E-state index in [1.165, 1.54) is 0 Å². The quantitative estimate of drug-likeness (QED) is 0.670. The predicted molar refractivity (Wildman–Crippen MR) is 113 cm³/mol. The summed E-state index contributed by atoms with van der Waals surface area (Å²) in [7, 11) is -1.81. The second-order valence-corrected chi connectivity index (χ2v) is 9.11. The van der Waals surface area contributed by atoms with Crippen LogP contribution in [-0.4, -0.2) is 52.0 Å². The predicted octanol–water partition coefficient (Wildman–Crippen LogP) is 3.29. The van der Waals surface area contributed by atoms with E-state index in [1.54, 1.807) is 41.7 Å². The van der Waals surface area contributed by atoms with Gasteiger partial charge in [-0.3, -0.25) is 4.79 Å². The Morgan fingerprint density at radius 2 is 1.76 bits per heavy atom. The molecule has 156 valence electrons. The van der Waals surface area contributed by atoms with Gasteiger partial charge in [0.2, 0.25) is 10.0 Å². The molecule has 0 spiro atoms. The van der Waals surface area contributed by atoms with E-state index in [0.29, 0.717) is 36.7 Å². The number of nitrogens with one attached hydrogen (secondary N) is 1. The van der Waals surface area contributed by atoms with Gasteiger partial charge < -0.3 is 10.1 Å². The van der Waals surface area contributed by atoms with Gasteiger partial charge in [0.15, 0.2) is 0 Å². The average molecular weight is 417 g/mol. The molecule has 1 aliphatic heterocycles. The van der Waals surface area contributed by atoms with E-state index in [4.69, 9.17) is 4.74 Å². The highest BCUT2D eigenvalue weighted by Gasteiger charge is 2.25. The number of benzene rings is 2. The van der Waals surface area contributed by atoms with Crippen LogP contribution >= 0.6 is 0 Å². The molecule has 1 heterocycles. The first kappa shape index (κ1) is 21.5. The zero-order valence-corrected chi connectivity index (χ0v) is 17.6. The maximum Gasteiger partial charge on any atom is 0.251 e. The minimum absolute atomic E-state index is 0.132. The second-order valence-electron chi connectivity index (χ2n) is 7.17. The largest absolute Gasteiger partial charge is 0.385 e. The first-order valence-electron chi connectivity index (χ1n) is 10.00. The molecule has 0 unspecified atom stereocenters. The number of hydrogen-bond acceptors (Lipinski definition) is 4. The lowest BCUT2D eigenvalue weighted by Gasteiger charge is -2.25. The van der Waals surface area contributed by atoms with Gasteiger partial charge in [-0.05, 0) is 54.7 Å². The number of sulfonamides is 1. The summed E-state index contributed by atoms with van der Waals surface area (Å²) in [5.41, 5.74) is 2.32. The molecule has 0 saturated carbocycles. The van der Waals surface area contributed by atoms with Crippen LogP contribution in [0.2, 0.25) is 0 Å². The van der Waals surface area contributed by atoms with Crippen LogP contribution in [0.25, 0.3) is 11.1 Å². The molecule has 1 N–H and O–H groups in total. The SMILES string of the molecule is COCCCNC(=O)c1cccc(-c2ccc(S(=O)(=O)N3CCCCC3)cc2)c1. The molecule has 2 aromatic rings. The summed E-state index contributed by atoms with van der Waals surface area (Å²) in [5, 5.41) is 2.87. The molecular weight excluding hydrogens is 388 g/mol. The van der Waals surface area contributed by atoms with Gasteiger partial charge in [-0.25, -0.2) is 8.42 Å². The van der Waals surface area contributed by atoms with Crippen LogP contribution < -0.4 is 5.32 Å². The van der Waals surface area contributed by atoms with Crippen molar-refractivity contribution in [3.8, 4) is 11.1 Å². The van der Waals surface area contributed by atoms with Crippen LogP contribution in [0.15, 0.2) is 53.4 Å². The van der Waals surface area contributed by atoms with Crippen molar-refractivity contribution < 1.29 is 17.9 Å². The molecule has 0 atom stereocenters. The molecule has 1 saturated heterocycles. The number of amides is 1. The molecule has 3 rings (SSSR count). The van der Waals surface area contributed by atoms with Crippen LogP contribution in [0, 0.1) is 0 Å². The third kappa shape index (κ3) is 5.44. The topological polar surface area (TPSA) is 75.7 Å². The van der Waals surface area contributed by atoms with Gasteiger partial charge >= 0.3 is 0 Å². The minimum Gasteiger partial charge on any atom is -0.385 e. The first-order chi connectivity index (χ1) is 14.0. The summed E-state index contributed by atoms with van der Waals surface area (Å²) < 4.78 is 32.1. The molecule has 7 heteroatoms. The normalized spacial score (nSPS) is 15.2. The highest BCUT2D eigenvalue weighted by Crippen LogP contribution is 2.25. The summed E-state index contributed by atoms with van der Waals surface area (Å²) in [6, 6.07) is 14.2. The molecule has 1 amide bonds. The van der Waals surface area contributed by atoms with E-state index in [1.807, 2.05) is 18.2 Å². The Labute approximate surface area is 172 Å². The number of rotatable bonds is 8.